The summed E-state index contributed by atoms with van der Waals surface area (Å²) < 4.78 is 5.55. The number of nitrogens with zero attached hydrogens (tertiary/aromatic N) is 1. The molecule has 0 aliphatic heterocycles. The minimum Gasteiger partial charge on any atom is -0.476 e. The summed E-state index contributed by atoms with van der Waals surface area (Å²) in [4.78, 5) is 28.0. The first-order chi connectivity index (χ1) is 8.79. The van der Waals surface area contributed by atoms with Crippen molar-refractivity contribution >= 4 is 12.2 Å². The number of ether oxygens (including phenoxy) is 1. The molecule has 18 heavy (non-hydrogen) atoms. The number of nitrogens with one attached hydrogen (secondary N) is 2. The van der Waals surface area contributed by atoms with Crippen LogP contribution < -0.4 is 15.6 Å². The van der Waals surface area contributed by atoms with Gasteiger partial charge in [0.2, 0.25) is 18.1 Å². The fourth-order valence-corrected chi connectivity index (χ4v) is 2.17. The third kappa shape index (κ3) is 3.32. The molecule has 1 heterocycles. The SMILES string of the molecule is O=CNc1nc(OCC2CCCCC2)c[nH]c1=O. The second-order valence-electron chi connectivity index (χ2n) is 4.49. The van der Waals surface area contributed by atoms with Crippen molar-refractivity contribution in [3.8, 4) is 5.88 Å². The van der Waals surface area contributed by atoms with E-state index in [-0.39, 0.29) is 5.82 Å². The smallest absolute Gasteiger partial charge is 0.291 e. The number of amides is 1. The molecule has 0 aromatic carbocycles. The van der Waals surface area contributed by atoms with Crippen LogP contribution in [0.3, 0.4) is 0 Å². The molecule has 6 heteroatoms. The highest BCUT2D eigenvalue weighted by Gasteiger charge is 2.14. The molecule has 0 unspecified atom stereocenters. The predicted octanol–water partition coefficient (Wildman–Crippen LogP) is 1.30. The summed E-state index contributed by atoms with van der Waals surface area (Å²) >= 11 is 0. The highest BCUT2D eigenvalue weighted by atomic mass is 16.5. The van der Waals surface area contributed by atoms with E-state index in [1.54, 1.807) is 0 Å². The number of H-pyrrole nitrogens is 1. The van der Waals surface area contributed by atoms with Gasteiger partial charge < -0.3 is 15.0 Å². The summed E-state index contributed by atoms with van der Waals surface area (Å²) in [6.07, 6.45) is 8.02. The number of anilines is 1. The maximum atomic E-state index is 11.3. The lowest BCUT2D eigenvalue weighted by molar-refractivity contribution is -0.105. The van der Waals surface area contributed by atoms with Gasteiger partial charge in [-0.2, -0.15) is 4.98 Å². The molecule has 0 spiro atoms. The molecule has 0 bridgehead atoms. The van der Waals surface area contributed by atoms with Gasteiger partial charge in [-0.05, 0) is 18.8 Å². The minimum atomic E-state index is -0.438. The molecule has 1 fully saturated rings. The van der Waals surface area contributed by atoms with Crippen LogP contribution in [0.5, 0.6) is 5.88 Å². The molecule has 0 radical (unpaired) electrons. The summed E-state index contributed by atoms with van der Waals surface area (Å²) in [5.74, 6) is 0.866. The van der Waals surface area contributed by atoms with Gasteiger partial charge in [0.25, 0.3) is 5.56 Å². The highest BCUT2D eigenvalue weighted by molar-refractivity contribution is 5.68. The quantitative estimate of drug-likeness (QED) is 0.772. The number of aromatic nitrogens is 2. The van der Waals surface area contributed by atoms with Crippen molar-refractivity contribution < 1.29 is 9.53 Å². The van der Waals surface area contributed by atoms with E-state index in [1.165, 1.54) is 38.3 Å². The number of carbonyl (C=O) groups is 1. The molecule has 0 atom stereocenters. The first kappa shape index (κ1) is 12.6. The van der Waals surface area contributed by atoms with Gasteiger partial charge in [-0.1, -0.05) is 19.3 Å². The summed E-state index contributed by atoms with van der Waals surface area (Å²) in [6.45, 7) is 0.611. The maximum Gasteiger partial charge on any atom is 0.291 e. The van der Waals surface area contributed by atoms with Gasteiger partial charge in [0.1, 0.15) is 0 Å². The van der Waals surface area contributed by atoms with Crippen LogP contribution in [0.1, 0.15) is 32.1 Å². The Balaban J connectivity index is 1.94. The van der Waals surface area contributed by atoms with Crippen LogP contribution in [-0.2, 0) is 4.79 Å². The van der Waals surface area contributed by atoms with E-state index >= 15 is 0 Å². The number of rotatable bonds is 5. The Hall–Kier alpha value is -1.85. The standard InChI is InChI=1S/C12H17N3O3/c16-8-14-11-12(17)13-6-10(15-11)18-7-9-4-2-1-3-5-9/h6,8-9H,1-5,7H2,(H,13,17)(H,14,15,16). The lowest BCUT2D eigenvalue weighted by Gasteiger charge is -2.21. The van der Waals surface area contributed by atoms with Crippen molar-refractivity contribution in [3.05, 3.63) is 16.6 Å². The fourth-order valence-electron chi connectivity index (χ4n) is 2.17. The third-order valence-electron chi connectivity index (χ3n) is 3.15. The van der Waals surface area contributed by atoms with Crippen LogP contribution >= 0.6 is 0 Å². The van der Waals surface area contributed by atoms with Gasteiger partial charge in [0.05, 0.1) is 12.8 Å². The number of hydrogen-bond acceptors (Lipinski definition) is 4. The van der Waals surface area contributed by atoms with E-state index in [1.807, 2.05) is 0 Å². The van der Waals surface area contributed by atoms with E-state index in [0.717, 1.165) is 0 Å². The normalized spacial score (nSPS) is 16.2. The zero-order valence-electron chi connectivity index (χ0n) is 10.1. The van der Waals surface area contributed by atoms with Gasteiger partial charge in [0.15, 0.2) is 0 Å². The van der Waals surface area contributed by atoms with Crippen molar-refractivity contribution in [2.45, 2.75) is 32.1 Å². The lowest BCUT2D eigenvalue weighted by atomic mass is 9.90. The molecular weight excluding hydrogens is 234 g/mol. The van der Waals surface area contributed by atoms with Crippen LogP contribution in [0, 0.1) is 5.92 Å². The monoisotopic (exact) mass is 251 g/mol. The molecule has 2 N–H and O–H groups in total. The van der Waals surface area contributed by atoms with Crippen LogP contribution in [0.25, 0.3) is 0 Å². The van der Waals surface area contributed by atoms with Gasteiger partial charge in [-0.25, -0.2) is 0 Å². The lowest BCUT2D eigenvalue weighted by Crippen LogP contribution is -2.18. The Bertz CT molecular complexity index is 452. The fraction of sp³-hybridized carbons (Fsp3) is 0.583. The van der Waals surface area contributed by atoms with E-state index in [4.69, 9.17) is 4.74 Å². The molecule has 1 amide bonds. The zero-order chi connectivity index (χ0) is 12.8. The average Bonchev–Trinajstić information content (AvgIpc) is 2.41. The van der Waals surface area contributed by atoms with Crippen molar-refractivity contribution in [1.82, 2.24) is 9.97 Å². The molecule has 1 aliphatic rings. The Morgan fingerprint density at radius 1 is 1.44 bits per heavy atom. The molecule has 1 aromatic heterocycles. The van der Waals surface area contributed by atoms with Crippen molar-refractivity contribution in [3.63, 3.8) is 0 Å². The van der Waals surface area contributed by atoms with E-state index in [2.05, 4.69) is 15.3 Å². The Morgan fingerprint density at radius 2 is 2.22 bits per heavy atom. The molecule has 0 saturated heterocycles. The summed E-state index contributed by atoms with van der Waals surface area (Å²) in [5, 5.41) is 2.24. The van der Waals surface area contributed by atoms with E-state index in [9.17, 15) is 9.59 Å². The maximum absolute atomic E-state index is 11.3. The molecular formula is C12H17N3O3. The largest absolute Gasteiger partial charge is 0.476 e. The Morgan fingerprint density at radius 3 is 2.94 bits per heavy atom. The van der Waals surface area contributed by atoms with Gasteiger partial charge in [-0.3, -0.25) is 9.59 Å². The van der Waals surface area contributed by atoms with Crippen LogP contribution in [0.2, 0.25) is 0 Å². The highest BCUT2D eigenvalue weighted by Crippen LogP contribution is 2.24. The molecule has 98 valence electrons. The third-order valence-corrected chi connectivity index (χ3v) is 3.15. The topological polar surface area (TPSA) is 84.1 Å². The van der Waals surface area contributed by atoms with Gasteiger partial charge in [-0.15, -0.1) is 0 Å². The second-order valence-corrected chi connectivity index (χ2v) is 4.49. The van der Waals surface area contributed by atoms with Gasteiger partial charge >= 0.3 is 0 Å². The second kappa shape index (κ2) is 6.18. The average molecular weight is 251 g/mol. The van der Waals surface area contributed by atoms with Crippen LogP contribution in [0.15, 0.2) is 11.0 Å². The van der Waals surface area contributed by atoms with Crippen LogP contribution in [-0.4, -0.2) is 23.0 Å². The molecule has 1 aromatic rings. The zero-order valence-corrected chi connectivity index (χ0v) is 10.1. The van der Waals surface area contributed by atoms with Gasteiger partial charge in [0, 0.05) is 0 Å². The number of aromatic amines is 1. The van der Waals surface area contributed by atoms with Crippen LogP contribution in [0.4, 0.5) is 5.82 Å². The van der Waals surface area contributed by atoms with E-state index < -0.39 is 5.56 Å². The molecule has 2 rings (SSSR count). The first-order valence-electron chi connectivity index (χ1n) is 6.22. The van der Waals surface area contributed by atoms with Crippen molar-refractivity contribution in [1.29, 1.82) is 0 Å². The van der Waals surface area contributed by atoms with Crippen molar-refractivity contribution in [2.24, 2.45) is 5.92 Å². The Labute approximate surface area is 105 Å². The minimum absolute atomic E-state index is 0.0360. The predicted molar refractivity (Wildman–Crippen MR) is 66.6 cm³/mol. The summed E-state index contributed by atoms with van der Waals surface area (Å²) in [6, 6.07) is 0. The summed E-state index contributed by atoms with van der Waals surface area (Å²) in [7, 11) is 0. The Kier molecular flexibility index (Phi) is 4.33. The number of carbonyl (C=O) groups excluding carboxylic acids is 1. The number of hydrogen-bond donors (Lipinski definition) is 2. The first-order valence-corrected chi connectivity index (χ1v) is 6.22. The molecule has 1 saturated carbocycles. The summed E-state index contributed by atoms with van der Waals surface area (Å²) in [5.41, 5.74) is -0.438. The molecule has 1 aliphatic carbocycles. The van der Waals surface area contributed by atoms with Crippen molar-refractivity contribution in [2.75, 3.05) is 11.9 Å². The van der Waals surface area contributed by atoms with E-state index in [0.29, 0.717) is 24.8 Å². The molecule has 6 nitrogen and oxygen atoms in total.